The zero-order chi connectivity index (χ0) is 19.4. The van der Waals surface area contributed by atoms with Crippen LogP contribution in [0, 0.1) is 0 Å². The number of hydrogen-bond acceptors (Lipinski definition) is 6. The van der Waals surface area contributed by atoms with Gasteiger partial charge in [-0.25, -0.2) is 0 Å². The van der Waals surface area contributed by atoms with Crippen LogP contribution in [0.25, 0.3) is 0 Å². The van der Waals surface area contributed by atoms with Crippen molar-refractivity contribution < 1.29 is 19.1 Å². The van der Waals surface area contributed by atoms with E-state index in [2.05, 4.69) is 5.32 Å². The van der Waals surface area contributed by atoms with Crippen molar-refractivity contribution in [3.8, 4) is 0 Å². The summed E-state index contributed by atoms with van der Waals surface area (Å²) < 4.78 is 5.06. The summed E-state index contributed by atoms with van der Waals surface area (Å²) in [4.78, 5) is 39.7. The van der Waals surface area contributed by atoms with Crippen LogP contribution >= 0.6 is 34.7 Å². The summed E-state index contributed by atoms with van der Waals surface area (Å²) in [5, 5.41) is 4.59. The lowest BCUT2D eigenvalue weighted by Crippen LogP contribution is -2.33. The number of thioether (sulfide) groups is 1. The summed E-state index contributed by atoms with van der Waals surface area (Å²) in [5.74, 6) is -1.16. The number of halogens is 1. The average molecular weight is 425 g/mol. The Labute approximate surface area is 169 Å². The van der Waals surface area contributed by atoms with Gasteiger partial charge in [-0.2, -0.15) is 0 Å². The molecule has 0 spiro atoms. The summed E-state index contributed by atoms with van der Waals surface area (Å²) >= 11 is 8.75. The van der Waals surface area contributed by atoms with Gasteiger partial charge in [-0.15, -0.1) is 23.1 Å². The van der Waals surface area contributed by atoms with E-state index in [1.807, 2.05) is 17.5 Å². The van der Waals surface area contributed by atoms with Crippen molar-refractivity contribution in [1.29, 1.82) is 0 Å². The van der Waals surface area contributed by atoms with Crippen LogP contribution in [-0.2, 0) is 25.7 Å². The summed E-state index contributed by atoms with van der Waals surface area (Å²) in [6.07, 6.45) is -0.111. The molecule has 0 saturated heterocycles. The van der Waals surface area contributed by atoms with Gasteiger partial charge in [0.05, 0.1) is 23.9 Å². The van der Waals surface area contributed by atoms with Crippen LogP contribution in [-0.4, -0.2) is 41.6 Å². The molecular formula is C18H17ClN2O4S2. The van der Waals surface area contributed by atoms with Crippen molar-refractivity contribution >= 4 is 58.2 Å². The number of nitrogens with one attached hydrogen (secondary N) is 1. The number of rotatable bonds is 6. The fraction of sp³-hybridized carbons (Fsp3) is 0.278. The van der Waals surface area contributed by atoms with E-state index >= 15 is 0 Å². The smallest absolute Gasteiger partial charge is 0.307 e. The molecule has 1 N–H and O–H groups in total. The fourth-order valence-corrected chi connectivity index (χ4v) is 4.45. The van der Waals surface area contributed by atoms with E-state index in [1.165, 1.54) is 16.7 Å². The molecule has 9 heteroatoms. The number of benzene rings is 1. The lowest BCUT2D eigenvalue weighted by atomic mass is 10.2. The standard InChI is InChI=1S/C18H17ClN2O4S2/c1-21(9-12-3-2-6-26-12)16(22)10-25-17(23)8-15-18(24)20-13-7-11(19)4-5-14(13)27-15/h2-7,15H,8-10H2,1H3,(H,20,24). The van der Waals surface area contributed by atoms with Crippen LogP contribution in [0.3, 0.4) is 0 Å². The first-order chi connectivity index (χ1) is 12.9. The van der Waals surface area contributed by atoms with E-state index in [0.717, 1.165) is 9.77 Å². The minimum absolute atomic E-state index is 0.111. The maximum atomic E-state index is 12.2. The topological polar surface area (TPSA) is 75.7 Å². The highest BCUT2D eigenvalue weighted by Crippen LogP contribution is 2.38. The molecule has 0 saturated carbocycles. The van der Waals surface area contributed by atoms with Crippen LogP contribution in [0.2, 0.25) is 5.02 Å². The first kappa shape index (κ1) is 19.7. The number of nitrogens with zero attached hydrogens (tertiary/aromatic N) is 1. The Bertz CT molecular complexity index is 857. The maximum absolute atomic E-state index is 12.2. The highest BCUT2D eigenvalue weighted by Gasteiger charge is 2.30. The van der Waals surface area contributed by atoms with E-state index in [-0.39, 0.29) is 24.8 Å². The van der Waals surface area contributed by atoms with Gasteiger partial charge < -0.3 is 15.0 Å². The number of fused-ring (bicyclic) bond motifs is 1. The fourth-order valence-electron chi connectivity index (χ4n) is 2.44. The number of hydrogen-bond donors (Lipinski definition) is 1. The van der Waals surface area contributed by atoms with Crippen molar-refractivity contribution in [1.82, 2.24) is 4.90 Å². The molecule has 27 heavy (non-hydrogen) atoms. The van der Waals surface area contributed by atoms with Gasteiger partial charge in [-0.05, 0) is 29.6 Å². The molecule has 1 aliphatic heterocycles. The van der Waals surface area contributed by atoms with Gasteiger partial charge in [-0.1, -0.05) is 17.7 Å². The summed E-state index contributed by atoms with van der Waals surface area (Å²) in [6, 6.07) is 9.03. The molecule has 2 heterocycles. The molecule has 142 valence electrons. The molecule has 0 bridgehead atoms. The van der Waals surface area contributed by atoms with Gasteiger partial charge in [0.15, 0.2) is 6.61 Å². The first-order valence-electron chi connectivity index (χ1n) is 8.11. The number of amides is 2. The molecule has 2 aromatic rings. The lowest BCUT2D eigenvalue weighted by Gasteiger charge is -2.23. The van der Waals surface area contributed by atoms with Crippen LogP contribution in [0.5, 0.6) is 0 Å². The molecule has 1 aromatic heterocycles. The maximum Gasteiger partial charge on any atom is 0.307 e. The van der Waals surface area contributed by atoms with Crippen molar-refractivity contribution in [3.63, 3.8) is 0 Å². The third-order valence-electron chi connectivity index (χ3n) is 3.87. The predicted octanol–water partition coefficient (Wildman–Crippen LogP) is 3.41. The monoisotopic (exact) mass is 424 g/mol. The molecule has 2 amide bonds. The molecule has 1 aliphatic rings. The second kappa shape index (κ2) is 8.77. The molecule has 1 atom stereocenters. The Morgan fingerprint density at radius 1 is 1.33 bits per heavy atom. The van der Waals surface area contributed by atoms with Crippen molar-refractivity contribution in [2.24, 2.45) is 0 Å². The number of carbonyl (C=O) groups excluding carboxylic acids is 3. The number of carbonyl (C=O) groups is 3. The number of anilines is 1. The molecule has 3 rings (SSSR count). The highest BCUT2D eigenvalue weighted by molar-refractivity contribution is 8.01. The van der Waals surface area contributed by atoms with E-state index in [4.69, 9.17) is 16.3 Å². The first-order valence-corrected chi connectivity index (χ1v) is 10.2. The average Bonchev–Trinajstić information content (AvgIpc) is 3.13. The summed E-state index contributed by atoms with van der Waals surface area (Å²) in [7, 11) is 1.66. The predicted molar refractivity (Wildman–Crippen MR) is 106 cm³/mol. The van der Waals surface area contributed by atoms with Crippen molar-refractivity contribution in [2.75, 3.05) is 19.0 Å². The lowest BCUT2D eigenvalue weighted by molar-refractivity contribution is -0.152. The van der Waals surface area contributed by atoms with Crippen molar-refractivity contribution in [3.05, 3.63) is 45.6 Å². The van der Waals surface area contributed by atoms with Gasteiger partial charge in [0, 0.05) is 21.8 Å². The molecule has 6 nitrogen and oxygen atoms in total. The Kier molecular flexibility index (Phi) is 6.41. The van der Waals surface area contributed by atoms with E-state index < -0.39 is 11.2 Å². The quantitative estimate of drug-likeness (QED) is 0.719. The summed E-state index contributed by atoms with van der Waals surface area (Å²) in [6.45, 7) is 0.125. The van der Waals surface area contributed by atoms with E-state index in [0.29, 0.717) is 17.3 Å². The zero-order valence-electron chi connectivity index (χ0n) is 14.4. The van der Waals surface area contributed by atoms with Crippen molar-refractivity contribution in [2.45, 2.75) is 23.1 Å². The van der Waals surface area contributed by atoms with Gasteiger partial charge in [0.25, 0.3) is 5.91 Å². The number of thiophene rings is 1. The second-order valence-electron chi connectivity index (χ2n) is 5.93. The summed E-state index contributed by atoms with van der Waals surface area (Å²) in [5.41, 5.74) is 0.632. The van der Waals surface area contributed by atoms with Gasteiger partial charge in [0.1, 0.15) is 0 Å². The van der Waals surface area contributed by atoms with E-state index in [9.17, 15) is 14.4 Å². The Morgan fingerprint density at radius 2 is 2.15 bits per heavy atom. The Hall–Kier alpha value is -2.03. The largest absolute Gasteiger partial charge is 0.456 e. The molecule has 0 radical (unpaired) electrons. The van der Waals surface area contributed by atoms with Gasteiger partial charge in [-0.3, -0.25) is 14.4 Å². The second-order valence-corrected chi connectivity index (χ2v) is 8.64. The highest BCUT2D eigenvalue weighted by atomic mass is 35.5. The minimum atomic E-state index is -0.606. The molecular weight excluding hydrogens is 408 g/mol. The van der Waals surface area contributed by atoms with Gasteiger partial charge in [0.2, 0.25) is 5.91 Å². The third-order valence-corrected chi connectivity index (χ3v) is 6.24. The third kappa shape index (κ3) is 5.24. The van der Waals surface area contributed by atoms with Gasteiger partial charge >= 0.3 is 5.97 Å². The van der Waals surface area contributed by atoms with Crippen LogP contribution in [0.1, 0.15) is 11.3 Å². The minimum Gasteiger partial charge on any atom is -0.456 e. The Balaban J connectivity index is 1.48. The van der Waals surface area contributed by atoms with Crippen LogP contribution in [0.4, 0.5) is 5.69 Å². The zero-order valence-corrected chi connectivity index (χ0v) is 16.8. The molecule has 0 fully saturated rings. The van der Waals surface area contributed by atoms with Crippen LogP contribution in [0.15, 0.2) is 40.6 Å². The molecule has 1 unspecified atom stereocenters. The Morgan fingerprint density at radius 3 is 2.89 bits per heavy atom. The number of esters is 1. The molecule has 1 aromatic carbocycles. The molecule has 0 aliphatic carbocycles. The number of likely N-dealkylation sites (N-methyl/N-ethyl adjacent to an activating group) is 1. The van der Waals surface area contributed by atoms with E-state index in [1.54, 1.807) is 36.6 Å². The normalized spacial score (nSPS) is 15.6. The SMILES string of the molecule is CN(Cc1cccs1)C(=O)COC(=O)CC1Sc2ccc(Cl)cc2NC1=O. The number of ether oxygens (including phenoxy) is 1. The van der Waals surface area contributed by atoms with Crippen LogP contribution < -0.4 is 5.32 Å².